The van der Waals surface area contributed by atoms with Gasteiger partial charge in [0.1, 0.15) is 5.78 Å². The van der Waals surface area contributed by atoms with Gasteiger partial charge in [0, 0.05) is 12.3 Å². The molecule has 3 nitrogen and oxygen atoms in total. The monoisotopic (exact) mass is 184 g/mol. The van der Waals surface area contributed by atoms with Gasteiger partial charge in [0.2, 0.25) is 0 Å². The summed E-state index contributed by atoms with van der Waals surface area (Å²) in [6, 6.07) is 0. The van der Waals surface area contributed by atoms with Gasteiger partial charge in [-0.1, -0.05) is 13.8 Å². The maximum atomic E-state index is 11.5. The number of carbonyl (C=O) groups excluding carboxylic acids is 1. The van der Waals surface area contributed by atoms with Crippen molar-refractivity contribution in [1.29, 1.82) is 0 Å². The molecule has 1 saturated heterocycles. The molecule has 3 heteroatoms. The molecule has 0 aromatic carbocycles. The smallest absolute Gasteiger partial charge is 0.164 e. The second kappa shape index (κ2) is 2.79. The van der Waals surface area contributed by atoms with Crippen LogP contribution in [0, 0.1) is 17.3 Å². The third kappa shape index (κ3) is 1.30. The van der Waals surface area contributed by atoms with Crippen LogP contribution in [0.25, 0.3) is 0 Å². The van der Waals surface area contributed by atoms with Crippen LogP contribution in [0.15, 0.2) is 0 Å². The normalized spacial score (nSPS) is 43.3. The summed E-state index contributed by atoms with van der Waals surface area (Å²) in [4.78, 5) is 11.5. The molecule has 2 aliphatic rings. The maximum absolute atomic E-state index is 11.5. The molecule has 1 N–H and O–H groups in total. The van der Waals surface area contributed by atoms with Crippen molar-refractivity contribution in [3.8, 4) is 0 Å². The quantitative estimate of drug-likeness (QED) is 0.610. The summed E-state index contributed by atoms with van der Waals surface area (Å²) in [6.07, 6.45) is 0.662. The molecule has 0 aromatic heterocycles. The van der Waals surface area contributed by atoms with Crippen LogP contribution in [0.5, 0.6) is 0 Å². The number of fused-ring (bicyclic) bond motifs is 1. The van der Waals surface area contributed by atoms with E-state index in [4.69, 9.17) is 4.74 Å². The molecule has 0 bridgehead atoms. The molecule has 1 aliphatic carbocycles. The molecule has 74 valence electrons. The van der Waals surface area contributed by atoms with Crippen molar-refractivity contribution in [3.63, 3.8) is 0 Å². The van der Waals surface area contributed by atoms with E-state index in [1.54, 1.807) is 0 Å². The van der Waals surface area contributed by atoms with E-state index in [1.165, 1.54) is 0 Å². The summed E-state index contributed by atoms with van der Waals surface area (Å²) < 4.78 is 5.14. The average molecular weight is 184 g/mol. The molecule has 2 rings (SSSR count). The SMILES string of the molecule is CC1(C)CCC(=O)C2C(O)OCC21. The number of Topliss-reactive ketones (excluding diaryl/α,β-unsaturated/α-hetero) is 1. The van der Waals surface area contributed by atoms with Crippen molar-refractivity contribution in [3.05, 3.63) is 0 Å². The lowest BCUT2D eigenvalue weighted by molar-refractivity contribution is -0.140. The van der Waals surface area contributed by atoms with Crippen LogP contribution in [0.2, 0.25) is 0 Å². The molecule has 0 amide bonds. The highest BCUT2D eigenvalue weighted by atomic mass is 16.6. The Kier molecular flexibility index (Phi) is 1.96. The Morgan fingerprint density at radius 3 is 2.85 bits per heavy atom. The lowest BCUT2D eigenvalue weighted by atomic mass is 9.64. The minimum Gasteiger partial charge on any atom is -0.367 e. The molecule has 0 spiro atoms. The molecule has 1 aliphatic heterocycles. The lowest BCUT2D eigenvalue weighted by Crippen LogP contribution is -2.41. The topological polar surface area (TPSA) is 46.5 Å². The minimum atomic E-state index is -0.850. The Hall–Kier alpha value is -0.410. The molecule has 13 heavy (non-hydrogen) atoms. The van der Waals surface area contributed by atoms with E-state index < -0.39 is 6.29 Å². The zero-order chi connectivity index (χ0) is 9.64. The van der Waals surface area contributed by atoms with Crippen molar-refractivity contribution < 1.29 is 14.6 Å². The Morgan fingerprint density at radius 1 is 1.54 bits per heavy atom. The molecule has 1 saturated carbocycles. The van der Waals surface area contributed by atoms with E-state index in [0.717, 1.165) is 6.42 Å². The second-order valence-electron chi connectivity index (χ2n) is 4.81. The molecule has 3 unspecified atom stereocenters. The molecular weight excluding hydrogens is 168 g/mol. The fraction of sp³-hybridized carbons (Fsp3) is 0.900. The van der Waals surface area contributed by atoms with Gasteiger partial charge in [0.25, 0.3) is 0 Å². The number of ether oxygens (including phenoxy) is 1. The van der Waals surface area contributed by atoms with Gasteiger partial charge in [0.05, 0.1) is 12.5 Å². The summed E-state index contributed by atoms with van der Waals surface area (Å²) >= 11 is 0. The van der Waals surface area contributed by atoms with Gasteiger partial charge in [-0.15, -0.1) is 0 Å². The number of rotatable bonds is 0. The summed E-state index contributed by atoms with van der Waals surface area (Å²) in [5.41, 5.74) is 0.135. The predicted molar refractivity (Wildman–Crippen MR) is 47.0 cm³/mol. The van der Waals surface area contributed by atoms with E-state index in [2.05, 4.69) is 13.8 Å². The number of ketones is 1. The van der Waals surface area contributed by atoms with Crippen LogP contribution in [-0.4, -0.2) is 23.8 Å². The van der Waals surface area contributed by atoms with Gasteiger partial charge >= 0.3 is 0 Å². The van der Waals surface area contributed by atoms with Crippen molar-refractivity contribution in [2.75, 3.05) is 6.61 Å². The fourth-order valence-electron chi connectivity index (χ4n) is 2.50. The van der Waals surface area contributed by atoms with Gasteiger partial charge < -0.3 is 9.84 Å². The highest BCUT2D eigenvalue weighted by Gasteiger charge is 2.50. The molecule has 1 heterocycles. The third-order valence-corrected chi connectivity index (χ3v) is 3.58. The molecule has 2 fully saturated rings. The van der Waals surface area contributed by atoms with E-state index in [0.29, 0.717) is 13.0 Å². The second-order valence-corrected chi connectivity index (χ2v) is 4.81. The van der Waals surface area contributed by atoms with Gasteiger partial charge in [-0.05, 0) is 11.8 Å². The number of hydrogen-bond donors (Lipinski definition) is 1. The van der Waals surface area contributed by atoms with Crippen LogP contribution in [0.1, 0.15) is 26.7 Å². The van der Waals surface area contributed by atoms with Crippen LogP contribution < -0.4 is 0 Å². The summed E-state index contributed by atoms with van der Waals surface area (Å²) in [5.74, 6) is 0.127. The van der Waals surface area contributed by atoms with Crippen molar-refractivity contribution >= 4 is 5.78 Å². The Balaban J connectivity index is 2.26. The molecular formula is C10H16O3. The summed E-state index contributed by atoms with van der Waals surface area (Å²) in [7, 11) is 0. The first-order valence-electron chi connectivity index (χ1n) is 4.85. The van der Waals surface area contributed by atoms with Crippen LogP contribution >= 0.6 is 0 Å². The number of hydrogen-bond acceptors (Lipinski definition) is 3. The predicted octanol–water partition coefficient (Wildman–Crippen LogP) is 0.956. The van der Waals surface area contributed by atoms with E-state index in [1.807, 2.05) is 0 Å². The number of aliphatic hydroxyl groups is 1. The van der Waals surface area contributed by atoms with Crippen LogP contribution in [0.4, 0.5) is 0 Å². The van der Waals surface area contributed by atoms with Crippen molar-refractivity contribution in [1.82, 2.24) is 0 Å². The Labute approximate surface area is 78.1 Å². The molecule has 0 radical (unpaired) electrons. The summed E-state index contributed by atoms with van der Waals surface area (Å²) in [6.45, 7) is 4.83. The minimum absolute atomic E-state index is 0.135. The summed E-state index contributed by atoms with van der Waals surface area (Å²) in [5, 5.41) is 9.48. The maximum Gasteiger partial charge on any atom is 0.164 e. The molecule has 0 aromatic rings. The van der Waals surface area contributed by atoms with Gasteiger partial charge in [-0.2, -0.15) is 0 Å². The zero-order valence-electron chi connectivity index (χ0n) is 8.12. The van der Waals surface area contributed by atoms with Crippen LogP contribution in [0.3, 0.4) is 0 Å². The average Bonchev–Trinajstić information content (AvgIpc) is 2.42. The first-order chi connectivity index (χ1) is 6.02. The number of carbonyl (C=O) groups is 1. The number of aliphatic hydroxyl groups excluding tert-OH is 1. The highest BCUT2D eigenvalue weighted by Crippen LogP contribution is 2.47. The largest absolute Gasteiger partial charge is 0.367 e. The standard InChI is InChI=1S/C10H16O3/c1-10(2)4-3-7(11)8-6(10)5-13-9(8)12/h6,8-9,12H,3-5H2,1-2H3. The zero-order valence-corrected chi connectivity index (χ0v) is 8.12. The Morgan fingerprint density at radius 2 is 2.23 bits per heavy atom. The van der Waals surface area contributed by atoms with Crippen molar-refractivity contribution in [2.24, 2.45) is 17.3 Å². The first kappa shape index (κ1) is 9.16. The third-order valence-electron chi connectivity index (χ3n) is 3.58. The first-order valence-corrected chi connectivity index (χ1v) is 4.85. The van der Waals surface area contributed by atoms with E-state index in [-0.39, 0.29) is 23.0 Å². The van der Waals surface area contributed by atoms with Gasteiger partial charge in [0.15, 0.2) is 6.29 Å². The highest BCUT2D eigenvalue weighted by molar-refractivity contribution is 5.83. The molecule has 3 atom stereocenters. The van der Waals surface area contributed by atoms with Crippen molar-refractivity contribution in [2.45, 2.75) is 33.0 Å². The Bertz CT molecular complexity index is 234. The van der Waals surface area contributed by atoms with Gasteiger partial charge in [-0.25, -0.2) is 0 Å². The van der Waals surface area contributed by atoms with E-state index >= 15 is 0 Å². The fourth-order valence-corrected chi connectivity index (χ4v) is 2.50. The lowest BCUT2D eigenvalue weighted by Gasteiger charge is -2.38. The van der Waals surface area contributed by atoms with E-state index in [9.17, 15) is 9.90 Å². The van der Waals surface area contributed by atoms with Gasteiger partial charge in [-0.3, -0.25) is 4.79 Å². The van der Waals surface area contributed by atoms with Crippen LogP contribution in [-0.2, 0) is 9.53 Å².